The molecule has 1 aromatic carbocycles. The van der Waals surface area contributed by atoms with Gasteiger partial charge in [0.25, 0.3) is 0 Å². The molecule has 1 aromatic heterocycles. The zero-order valence-corrected chi connectivity index (χ0v) is 12.1. The lowest BCUT2D eigenvalue weighted by Crippen LogP contribution is -2.25. The van der Waals surface area contributed by atoms with E-state index in [1.54, 1.807) is 0 Å². The molecule has 0 spiro atoms. The number of thiocarbonyl (C=S) groups is 1. The number of H-pyrrole nitrogens is 1. The molecule has 4 N–H and O–H groups in total. The highest BCUT2D eigenvalue weighted by Gasteiger charge is 2.17. The van der Waals surface area contributed by atoms with Crippen molar-refractivity contribution >= 4 is 28.8 Å². The van der Waals surface area contributed by atoms with E-state index in [2.05, 4.69) is 26.1 Å². The smallest absolute Gasteiger partial charge is 0.176 e. The highest BCUT2D eigenvalue weighted by molar-refractivity contribution is 7.80. The van der Waals surface area contributed by atoms with Gasteiger partial charge in [-0.25, -0.2) is 0 Å². The number of anilines is 2. The van der Waals surface area contributed by atoms with Crippen LogP contribution in [0.25, 0.3) is 0 Å². The van der Waals surface area contributed by atoms with Gasteiger partial charge in [0.1, 0.15) is 0 Å². The van der Waals surface area contributed by atoms with Gasteiger partial charge < -0.3 is 16.0 Å². The van der Waals surface area contributed by atoms with Crippen LogP contribution in [-0.4, -0.2) is 21.9 Å². The largest absolute Gasteiger partial charge is 0.332 e. The lowest BCUT2D eigenvalue weighted by molar-refractivity contribution is 0.633. The van der Waals surface area contributed by atoms with Gasteiger partial charge in [0.05, 0.1) is 5.69 Å². The molecule has 0 atom stereocenters. The highest BCUT2D eigenvalue weighted by atomic mass is 32.1. The first kappa shape index (κ1) is 13.1. The van der Waals surface area contributed by atoms with Crippen molar-refractivity contribution in [2.24, 2.45) is 0 Å². The maximum atomic E-state index is 5.36. The Morgan fingerprint density at radius 2 is 2.15 bits per heavy atom. The van der Waals surface area contributed by atoms with Crippen molar-refractivity contribution in [2.75, 3.05) is 17.2 Å². The van der Waals surface area contributed by atoms with Gasteiger partial charge in [-0.2, -0.15) is 5.10 Å². The topological polar surface area (TPSA) is 64.8 Å². The second kappa shape index (κ2) is 5.60. The second-order valence-corrected chi connectivity index (χ2v) is 5.26. The van der Waals surface area contributed by atoms with E-state index in [9.17, 15) is 0 Å². The molecule has 0 fully saturated rings. The molecule has 6 heteroatoms. The number of para-hydroxylation sites is 1. The minimum absolute atomic E-state index is 0.562. The summed E-state index contributed by atoms with van der Waals surface area (Å²) in [6.07, 6.45) is 0.959. The number of nitrogens with zero attached hydrogens (tertiary/aromatic N) is 1. The number of hydrogen-bond donors (Lipinski definition) is 4. The van der Waals surface area contributed by atoms with Crippen molar-refractivity contribution in [1.82, 2.24) is 15.5 Å². The van der Waals surface area contributed by atoms with Crippen LogP contribution < -0.4 is 16.0 Å². The van der Waals surface area contributed by atoms with E-state index in [0.29, 0.717) is 5.11 Å². The van der Waals surface area contributed by atoms with Gasteiger partial charge in [-0.1, -0.05) is 18.2 Å². The Hall–Kier alpha value is -1.92. The van der Waals surface area contributed by atoms with Crippen LogP contribution in [-0.2, 0) is 13.0 Å². The molecular weight excluding hydrogens is 270 g/mol. The predicted octanol–water partition coefficient (Wildman–Crippen LogP) is 2.17. The summed E-state index contributed by atoms with van der Waals surface area (Å²) in [6, 6.07) is 8.05. The Labute approximate surface area is 123 Å². The fraction of sp³-hybridized carbons (Fsp3) is 0.286. The first-order chi connectivity index (χ1) is 9.74. The molecular formula is C14H17N5S. The summed E-state index contributed by atoms with van der Waals surface area (Å²) in [5, 5.41) is 17.6. The average Bonchev–Trinajstić information content (AvgIpc) is 2.85. The molecule has 0 radical (unpaired) electrons. The van der Waals surface area contributed by atoms with Crippen LogP contribution in [0.4, 0.5) is 11.5 Å². The van der Waals surface area contributed by atoms with Gasteiger partial charge in [0.15, 0.2) is 10.9 Å². The molecule has 3 rings (SSSR count). The number of aryl methyl sites for hydroxylation is 1. The zero-order valence-electron chi connectivity index (χ0n) is 11.3. The summed E-state index contributed by atoms with van der Waals surface area (Å²) in [5.41, 5.74) is 4.52. The Morgan fingerprint density at radius 1 is 1.30 bits per heavy atom. The molecule has 2 aromatic rings. The molecule has 0 saturated carbocycles. The Morgan fingerprint density at radius 3 is 3.00 bits per heavy atom. The number of fused-ring (bicyclic) bond motifs is 1. The van der Waals surface area contributed by atoms with Crippen molar-refractivity contribution in [3.8, 4) is 0 Å². The molecule has 0 amide bonds. The van der Waals surface area contributed by atoms with Gasteiger partial charge in [0, 0.05) is 17.8 Å². The van der Waals surface area contributed by atoms with Crippen molar-refractivity contribution in [2.45, 2.75) is 19.9 Å². The van der Waals surface area contributed by atoms with Crippen LogP contribution in [0.1, 0.15) is 16.8 Å². The van der Waals surface area contributed by atoms with Gasteiger partial charge in [0.2, 0.25) is 0 Å². The standard InChI is InChI=1S/C14H17N5S/c1-9-4-2-3-5-11(9)16-14(20)17-13-10-6-7-15-8-12(10)18-19-13/h2-5,15H,6-8H2,1H3,(H3,16,17,18,19,20). The fourth-order valence-corrected chi connectivity index (χ4v) is 2.53. The maximum Gasteiger partial charge on any atom is 0.176 e. The quantitative estimate of drug-likeness (QED) is 0.638. The van der Waals surface area contributed by atoms with Crippen LogP contribution in [0.3, 0.4) is 0 Å². The number of nitrogens with one attached hydrogen (secondary N) is 4. The first-order valence-corrected chi connectivity index (χ1v) is 7.05. The molecule has 20 heavy (non-hydrogen) atoms. The fourth-order valence-electron chi connectivity index (χ4n) is 2.32. The van der Waals surface area contributed by atoms with E-state index in [1.807, 2.05) is 31.2 Å². The van der Waals surface area contributed by atoms with Crippen LogP contribution >= 0.6 is 12.2 Å². The van der Waals surface area contributed by atoms with Crippen LogP contribution in [0, 0.1) is 6.92 Å². The maximum absolute atomic E-state index is 5.36. The Balaban J connectivity index is 1.70. The number of hydrogen-bond acceptors (Lipinski definition) is 3. The molecule has 104 valence electrons. The van der Waals surface area contributed by atoms with E-state index in [1.165, 1.54) is 5.56 Å². The number of rotatable bonds is 2. The zero-order chi connectivity index (χ0) is 13.9. The van der Waals surface area contributed by atoms with E-state index in [-0.39, 0.29) is 0 Å². The number of benzene rings is 1. The summed E-state index contributed by atoms with van der Waals surface area (Å²) in [6.45, 7) is 3.86. The van der Waals surface area contributed by atoms with Crippen LogP contribution in [0.15, 0.2) is 24.3 Å². The minimum atomic E-state index is 0.562. The lowest BCUT2D eigenvalue weighted by Gasteiger charge is -2.15. The highest BCUT2D eigenvalue weighted by Crippen LogP contribution is 2.20. The minimum Gasteiger partial charge on any atom is -0.332 e. The second-order valence-electron chi connectivity index (χ2n) is 4.85. The predicted molar refractivity (Wildman–Crippen MR) is 85.0 cm³/mol. The Bertz CT molecular complexity index is 634. The molecule has 2 heterocycles. The number of aromatic nitrogens is 2. The molecule has 0 unspecified atom stereocenters. The lowest BCUT2D eigenvalue weighted by atomic mass is 10.1. The monoisotopic (exact) mass is 287 g/mol. The first-order valence-electron chi connectivity index (χ1n) is 6.64. The number of aromatic amines is 1. The summed E-state index contributed by atoms with van der Waals surface area (Å²) in [5.74, 6) is 0.826. The van der Waals surface area contributed by atoms with E-state index in [0.717, 1.165) is 42.3 Å². The van der Waals surface area contributed by atoms with Crippen molar-refractivity contribution < 1.29 is 0 Å². The summed E-state index contributed by atoms with van der Waals surface area (Å²) < 4.78 is 0. The molecule has 0 saturated heterocycles. The van der Waals surface area contributed by atoms with Gasteiger partial charge in [-0.3, -0.25) is 5.10 Å². The molecule has 1 aliphatic heterocycles. The molecule has 1 aliphatic rings. The third-order valence-electron chi connectivity index (χ3n) is 3.43. The average molecular weight is 287 g/mol. The van der Waals surface area contributed by atoms with E-state index >= 15 is 0 Å². The summed E-state index contributed by atoms with van der Waals surface area (Å²) in [7, 11) is 0. The van der Waals surface area contributed by atoms with Gasteiger partial charge >= 0.3 is 0 Å². The third kappa shape index (κ3) is 2.66. The third-order valence-corrected chi connectivity index (χ3v) is 3.64. The van der Waals surface area contributed by atoms with E-state index in [4.69, 9.17) is 12.2 Å². The van der Waals surface area contributed by atoms with Crippen LogP contribution in [0.5, 0.6) is 0 Å². The summed E-state index contributed by atoms with van der Waals surface area (Å²) in [4.78, 5) is 0. The Kier molecular flexibility index (Phi) is 3.66. The molecule has 0 bridgehead atoms. The normalized spacial score (nSPS) is 13.7. The van der Waals surface area contributed by atoms with Crippen molar-refractivity contribution in [3.63, 3.8) is 0 Å². The van der Waals surface area contributed by atoms with Gasteiger partial charge in [-0.15, -0.1) is 0 Å². The van der Waals surface area contributed by atoms with E-state index < -0.39 is 0 Å². The van der Waals surface area contributed by atoms with Crippen molar-refractivity contribution in [1.29, 1.82) is 0 Å². The summed E-state index contributed by atoms with van der Waals surface area (Å²) >= 11 is 5.36. The van der Waals surface area contributed by atoms with Crippen LogP contribution in [0.2, 0.25) is 0 Å². The van der Waals surface area contributed by atoms with Crippen molar-refractivity contribution in [3.05, 3.63) is 41.1 Å². The molecule has 0 aliphatic carbocycles. The molecule has 5 nitrogen and oxygen atoms in total. The SMILES string of the molecule is Cc1ccccc1NC(=S)Nc1n[nH]c2c1CCNC2. The van der Waals surface area contributed by atoms with Gasteiger partial charge in [-0.05, 0) is 43.7 Å².